The Kier molecular flexibility index (Phi) is 2.69. The normalized spacial score (nSPS) is 9.42. The summed E-state index contributed by atoms with van der Waals surface area (Å²) in [5.74, 6) is 0.213. The van der Waals surface area contributed by atoms with Gasteiger partial charge in [0.1, 0.15) is 5.75 Å². The number of hydrogen-bond donors (Lipinski definition) is 1. The molecule has 0 unspecified atom stereocenters. The van der Waals surface area contributed by atoms with E-state index in [1.807, 2.05) is 25.1 Å². The van der Waals surface area contributed by atoms with Gasteiger partial charge in [0.2, 0.25) is 0 Å². The van der Waals surface area contributed by atoms with Gasteiger partial charge in [0.25, 0.3) is 5.91 Å². The number of hydrogen-bond acceptors (Lipinski definition) is 2. The fourth-order valence-electron chi connectivity index (χ4n) is 0.860. The number of rotatable bonds is 3. The van der Waals surface area contributed by atoms with Gasteiger partial charge in [-0.3, -0.25) is 4.79 Å². The van der Waals surface area contributed by atoms with Crippen molar-refractivity contribution in [3.63, 3.8) is 0 Å². The minimum Gasteiger partial charge on any atom is -0.484 e. The first-order valence-electron chi connectivity index (χ1n) is 3.66. The number of aryl methyl sites for hydroxylation is 1. The van der Waals surface area contributed by atoms with Gasteiger partial charge < -0.3 is 10.5 Å². The predicted octanol–water partition coefficient (Wildman–Crippen LogP) is 0.859. The Morgan fingerprint density at radius 3 is 2.92 bits per heavy atom. The quantitative estimate of drug-likeness (QED) is 0.722. The van der Waals surface area contributed by atoms with E-state index in [1.165, 1.54) is 0 Å². The summed E-state index contributed by atoms with van der Waals surface area (Å²) in [4.78, 5) is 10.4. The lowest BCUT2D eigenvalue weighted by Gasteiger charge is -2.03. The fourth-order valence-corrected chi connectivity index (χ4v) is 0.860. The van der Waals surface area contributed by atoms with E-state index < -0.39 is 5.91 Å². The molecular weight excluding hydrogens is 154 g/mol. The maximum absolute atomic E-state index is 10.4. The molecule has 1 aromatic carbocycles. The maximum atomic E-state index is 10.4. The van der Waals surface area contributed by atoms with Crippen LogP contribution in [0.25, 0.3) is 0 Å². The van der Waals surface area contributed by atoms with E-state index in [2.05, 4.69) is 0 Å². The molecule has 12 heavy (non-hydrogen) atoms. The summed E-state index contributed by atoms with van der Waals surface area (Å²) in [7, 11) is 0. The Morgan fingerprint density at radius 1 is 1.58 bits per heavy atom. The zero-order valence-corrected chi connectivity index (χ0v) is 6.91. The molecule has 0 radical (unpaired) electrons. The molecule has 0 spiro atoms. The summed E-state index contributed by atoms with van der Waals surface area (Å²) >= 11 is 0. The number of primary amides is 1. The molecule has 0 bridgehead atoms. The van der Waals surface area contributed by atoms with E-state index in [0.717, 1.165) is 5.56 Å². The van der Waals surface area contributed by atoms with Crippen LogP contribution < -0.4 is 10.5 Å². The Labute approximate surface area is 71.1 Å². The molecule has 1 rings (SSSR count). The average molecular weight is 165 g/mol. The standard InChI is InChI=1S/C9H11NO2/c1-7-3-2-4-8(5-7)12-6-9(10)11/h2-5H,6H2,1H3,(H2,10,11). The summed E-state index contributed by atoms with van der Waals surface area (Å²) < 4.78 is 5.07. The van der Waals surface area contributed by atoms with Crippen LogP contribution in [0.15, 0.2) is 24.3 Å². The fraction of sp³-hybridized carbons (Fsp3) is 0.222. The van der Waals surface area contributed by atoms with Gasteiger partial charge in [-0.25, -0.2) is 0 Å². The monoisotopic (exact) mass is 165 g/mol. The lowest BCUT2D eigenvalue weighted by atomic mass is 10.2. The van der Waals surface area contributed by atoms with Gasteiger partial charge in [-0.15, -0.1) is 0 Å². The van der Waals surface area contributed by atoms with Crippen molar-refractivity contribution in [3.05, 3.63) is 29.8 Å². The van der Waals surface area contributed by atoms with Crippen molar-refractivity contribution < 1.29 is 9.53 Å². The molecule has 0 heterocycles. The molecule has 3 heteroatoms. The zero-order valence-electron chi connectivity index (χ0n) is 6.91. The minimum absolute atomic E-state index is 0.0660. The number of ether oxygens (including phenoxy) is 1. The van der Waals surface area contributed by atoms with Gasteiger partial charge >= 0.3 is 0 Å². The van der Waals surface area contributed by atoms with Crippen LogP contribution in [0.1, 0.15) is 5.56 Å². The number of nitrogens with two attached hydrogens (primary N) is 1. The van der Waals surface area contributed by atoms with Crippen LogP contribution >= 0.6 is 0 Å². The highest BCUT2D eigenvalue weighted by atomic mass is 16.5. The smallest absolute Gasteiger partial charge is 0.255 e. The molecule has 0 aliphatic rings. The third kappa shape index (κ3) is 2.62. The highest BCUT2D eigenvalue weighted by molar-refractivity contribution is 5.75. The van der Waals surface area contributed by atoms with Crippen molar-refractivity contribution >= 4 is 5.91 Å². The number of benzene rings is 1. The molecule has 2 N–H and O–H groups in total. The van der Waals surface area contributed by atoms with E-state index in [4.69, 9.17) is 10.5 Å². The zero-order chi connectivity index (χ0) is 8.97. The molecule has 0 saturated heterocycles. The Morgan fingerprint density at radius 2 is 2.33 bits per heavy atom. The van der Waals surface area contributed by atoms with E-state index in [1.54, 1.807) is 6.07 Å². The van der Waals surface area contributed by atoms with Crippen LogP contribution in [0, 0.1) is 6.92 Å². The highest BCUT2D eigenvalue weighted by Gasteiger charge is 1.96. The van der Waals surface area contributed by atoms with Crippen LogP contribution in [0.2, 0.25) is 0 Å². The van der Waals surface area contributed by atoms with Crippen LogP contribution in [0.5, 0.6) is 5.75 Å². The lowest BCUT2D eigenvalue weighted by Crippen LogP contribution is -2.19. The van der Waals surface area contributed by atoms with Crippen LogP contribution in [0.4, 0.5) is 0 Å². The molecule has 1 amide bonds. The molecular formula is C9H11NO2. The number of carbonyl (C=O) groups excluding carboxylic acids is 1. The number of amides is 1. The Bertz CT molecular complexity index is 284. The Hall–Kier alpha value is -1.51. The SMILES string of the molecule is Cc1cccc(OCC(N)=O)c1. The molecule has 0 aromatic heterocycles. The van der Waals surface area contributed by atoms with Gasteiger partial charge in [-0.2, -0.15) is 0 Å². The first-order chi connectivity index (χ1) is 5.68. The van der Waals surface area contributed by atoms with Crippen molar-refractivity contribution in [2.24, 2.45) is 5.73 Å². The van der Waals surface area contributed by atoms with Crippen molar-refractivity contribution in [2.45, 2.75) is 6.92 Å². The second-order valence-electron chi connectivity index (χ2n) is 2.57. The third-order valence-corrected chi connectivity index (χ3v) is 1.37. The Balaban J connectivity index is 2.57. The third-order valence-electron chi connectivity index (χ3n) is 1.37. The summed E-state index contributed by atoms with van der Waals surface area (Å²) in [6, 6.07) is 7.46. The second kappa shape index (κ2) is 3.76. The van der Waals surface area contributed by atoms with Gasteiger partial charge in [0.15, 0.2) is 6.61 Å². The molecule has 0 aliphatic carbocycles. The second-order valence-corrected chi connectivity index (χ2v) is 2.57. The van der Waals surface area contributed by atoms with Gasteiger partial charge in [-0.05, 0) is 24.6 Å². The topological polar surface area (TPSA) is 52.3 Å². The molecule has 1 aromatic rings. The molecule has 0 aliphatic heterocycles. The molecule has 0 fully saturated rings. The molecule has 64 valence electrons. The predicted molar refractivity (Wildman–Crippen MR) is 45.9 cm³/mol. The first-order valence-corrected chi connectivity index (χ1v) is 3.66. The van der Waals surface area contributed by atoms with E-state index >= 15 is 0 Å². The first kappa shape index (κ1) is 8.59. The van der Waals surface area contributed by atoms with Gasteiger partial charge in [0, 0.05) is 0 Å². The summed E-state index contributed by atoms with van der Waals surface area (Å²) in [5, 5.41) is 0. The largest absolute Gasteiger partial charge is 0.484 e. The van der Waals surface area contributed by atoms with Crippen LogP contribution in [-0.2, 0) is 4.79 Å². The maximum Gasteiger partial charge on any atom is 0.255 e. The van der Waals surface area contributed by atoms with Crippen molar-refractivity contribution in [1.82, 2.24) is 0 Å². The van der Waals surface area contributed by atoms with Gasteiger partial charge in [0.05, 0.1) is 0 Å². The minimum atomic E-state index is -0.462. The average Bonchev–Trinajstić information content (AvgIpc) is 2.01. The van der Waals surface area contributed by atoms with Crippen molar-refractivity contribution in [3.8, 4) is 5.75 Å². The van der Waals surface area contributed by atoms with Crippen molar-refractivity contribution in [1.29, 1.82) is 0 Å². The highest BCUT2D eigenvalue weighted by Crippen LogP contribution is 2.11. The van der Waals surface area contributed by atoms with Crippen molar-refractivity contribution in [2.75, 3.05) is 6.61 Å². The van der Waals surface area contributed by atoms with E-state index in [0.29, 0.717) is 5.75 Å². The van der Waals surface area contributed by atoms with Crippen LogP contribution in [0.3, 0.4) is 0 Å². The summed E-state index contributed by atoms with van der Waals surface area (Å²) in [5.41, 5.74) is 6.01. The van der Waals surface area contributed by atoms with Crippen LogP contribution in [-0.4, -0.2) is 12.5 Å². The molecule has 0 atom stereocenters. The molecule has 3 nitrogen and oxygen atoms in total. The summed E-state index contributed by atoms with van der Waals surface area (Å²) in [6.45, 7) is 1.89. The lowest BCUT2D eigenvalue weighted by molar-refractivity contribution is -0.119. The van der Waals surface area contributed by atoms with Gasteiger partial charge in [-0.1, -0.05) is 12.1 Å². The van der Waals surface area contributed by atoms with E-state index in [-0.39, 0.29) is 6.61 Å². The summed E-state index contributed by atoms with van der Waals surface area (Å²) in [6.07, 6.45) is 0. The molecule has 0 saturated carbocycles. The number of carbonyl (C=O) groups is 1. The van der Waals surface area contributed by atoms with E-state index in [9.17, 15) is 4.79 Å².